The van der Waals surface area contributed by atoms with Gasteiger partial charge in [0.05, 0.1) is 22.9 Å². The first kappa shape index (κ1) is 28.9. The molecule has 2 rings (SSSR count). The number of benzene rings is 2. The third-order valence-corrected chi connectivity index (χ3v) is 6.52. The van der Waals surface area contributed by atoms with E-state index in [4.69, 9.17) is 39.5 Å². The van der Waals surface area contributed by atoms with Crippen LogP contribution in [0, 0.1) is 0 Å². The van der Waals surface area contributed by atoms with Crippen LogP contribution in [-0.4, -0.2) is 51.0 Å². The molecule has 0 aromatic heterocycles. The molecule has 2 aromatic rings. The molecule has 190 valence electrons. The quantitative estimate of drug-likeness (QED) is 0.275. The second-order valence-corrected chi connectivity index (χ2v) is 11.1. The number of hydrogen-bond acceptors (Lipinski definition) is 5. The Morgan fingerprint density at radius 3 is 2.15 bits per heavy atom. The molecule has 0 aliphatic heterocycles. The second kappa shape index (κ2) is 11.6. The lowest BCUT2D eigenvalue weighted by molar-refractivity contribution is -0.236. The van der Waals surface area contributed by atoms with Crippen molar-refractivity contribution < 1.29 is 31.8 Å². The lowest BCUT2D eigenvalue weighted by Gasteiger charge is -2.28. The zero-order valence-electron chi connectivity index (χ0n) is 18.7. The first-order valence-electron chi connectivity index (χ1n) is 10.2. The number of sulfonamides is 1. The Kier molecular flexibility index (Phi) is 9.84. The summed E-state index contributed by atoms with van der Waals surface area (Å²) in [6.07, 6.45) is -4.97. The highest BCUT2D eigenvalue weighted by atomic mass is 35.5. The van der Waals surface area contributed by atoms with Crippen LogP contribution < -0.4 is 14.2 Å². The van der Waals surface area contributed by atoms with Crippen LogP contribution >= 0.6 is 34.8 Å². The fourth-order valence-corrected chi connectivity index (χ4v) is 4.13. The molecule has 12 heteroatoms. The van der Waals surface area contributed by atoms with Gasteiger partial charge in [0.1, 0.15) is 5.75 Å². The lowest BCUT2D eigenvalue weighted by Crippen LogP contribution is -2.46. The van der Waals surface area contributed by atoms with Gasteiger partial charge in [-0.2, -0.15) is 8.78 Å². The summed E-state index contributed by atoms with van der Waals surface area (Å²) >= 11 is 18.4. The third-order valence-electron chi connectivity index (χ3n) is 5.00. The Bertz CT molecular complexity index is 1060. The minimum atomic E-state index is -4.02. The largest absolute Gasteiger partial charge is 0.490 e. The fourth-order valence-electron chi connectivity index (χ4n) is 2.97. The van der Waals surface area contributed by atoms with Crippen LogP contribution in [0.5, 0.6) is 11.5 Å². The maximum atomic E-state index is 14.2. The predicted molar refractivity (Wildman–Crippen MR) is 130 cm³/mol. The van der Waals surface area contributed by atoms with E-state index in [1.165, 1.54) is 12.1 Å². The Morgan fingerprint density at radius 1 is 1.09 bits per heavy atom. The number of ether oxygens (including phenoxy) is 2. The van der Waals surface area contributed by atoms with Crippen molar-refractivity contribution in [3.63, 3.8) is 0 Å². The van der Waals surface area contributed by atoms with Crippen LogP contribution in [-0.2, 0) is 15.4 Å². The monoisotopic (exact) mass is 559 g/mol. The van der Waals surface area contributed by atoms with E-state index < -0.39 is 34.2 Å². The van der Waals surface area contributed by atoms with Crippen LogP contribution in [0.3, 0.4) is 0 Å². The summed E-state index contributed by atoms with van der Waals surface area (Å²) in [5.41, 5.74) is 0.918. The Hall–Kier alpha value is -1.36. The summed E-state index contributed by atoms with van der Waals surface area (Å²) < 4.78 is 62.5. The molecule has 2 N–H and O–H groups in total. The van der Waals surface area contributed by atoms with E-state index in [2.05, 4.69) is 4.74 Å². The summed E-state index contributed by atoms with van der Waals surface area (Å²) in [7, 11) is -3.75. The molecule has 0 fully saturated rings. The van der Waals surface area contributed by atoms with Crippen molar-refractivity contribution in [2.45, 2.75) is 37.9 Å². The van der Waals surface area contributed by atoms with Crippen LogP contribution in [0.25, 0.3) is 0 Å². The number of alkyl halides is 3. The maximum absolute atomic E-state index is 14.2. The van der Waals surface area contributed by atoms with E-state index in [0.29, 0.717) is 34.7 Å². The maximum Gasteiger partial charge on any atom is 0.425 e. The average Bonchev–Trinajstić information content (AvgIpc) is 2.73. The molecule has 0 aliphatic rings. The summed E-state index contributed by atoms with van der Waals surface area (Å²) in [4.78, 5) is 0. The Labute approximate surface area is 213 Å². The molecule has 0 spiro atoms. The molecule has 0 saturated carbocycles. The van der Waals surface area contributed by atoms with Gasteiger partial charge in [-0.05, 0) is 41.8 Å². The summed E-state index contributed by atoms with van der Waals surface area (Å²) in [5.74, 6) is 0.604. The van der Waals surface area contributed by atoms with Gasteiger partial charge in [-0.3, -0.25) is 0 Å². The molecular weight excluding hydrogens is 535 g/mol. The summed E-state index contributed by atoms with van der Waals surface area (Å²) in [6.45, 7) is 3.29. The summed E-state index contributed by atoms with van der Waals surface area (Å²) in [5, 5.41) is 10.3. The van der Waals surface area contributed by atoms with E-state index in [9.17, 15) is 22.3 Å². The number of rotatable bonds is 12. The molecule has 34 heavy (non-hydrogen) atoms. The van der Waals surface area contributed by atoms with Crippen molar-refractivity contribution in [1.82, 2.24) is 4.72 Å². The average molecular weight is 561 g/mol. The van der Waals surface area contributed by atoms with E-state index in [1.54, 1.807) is 24.3 Å². The highest BCUT2D eigenvalue weighted by Crippen LogP contribution is 2.41. The number of aliphatic hydroxyl groups is 1. The number of aliphatic hydroxyl groups excluding tert-OH is 1. The molecule has 0 bridgehead atoms. The van der Waals surface area contributed by atoms with Gasteiger partial charge in [-0.25, -0.2) is 13.1 Å². The van der Waals surface area contributed by atoms with Gasteiger partial charge < -0.3 is 14.6 Å². The molecule has 2 aromatic carbocycles. The highest BCUT2D eigenvalue weighted by molar-refractivity contribution is 7.88. The molecular formula is C22H26Cl3F2NO5S. The SMILES string of the molecule is CC(C)(c1ccc(OC(F)(F)C(O)CNS(C)(=O)=O)cc1)c1cc(Cl)c(OCCCCl)c(Cl)c1. The van der Waals surface area contributed by atoms with E-state index in [-0.39, 0.29) is 5.75 Å². The van der Waals surface area contributed by atoms with Crippen molar-refractivity contribution >= 4 is 44.8 Å². The summed E-state index contributed by atoms with van der Waals surface area (Å²) in [6, 6.07) is 9.31. The molecule has 0 amide bonds. The van der Waals surface area contributed by atoms with Crippen molar-refractivity contribution in [1.29, 1.82) is 0 Å². The molecule has 0 saturated heterocycles. The predicted octanol–water partition coefficient (Wildman–Crippen LogP) is 5.21. The molecule has 0 heterocycles. The van der Waals surface area contributed by atoms with Gasteiger partial charge in [-0.15, -0.1) is 11.6 Å². The van der Waals surface area contributed by atoms with Gasteiger partial charge in [0.25, 0.3) is 0 Å². The van der Waals surface area contributed by atoms with Gasteiger partial charge >= 0.3 is 6.11 Å². The van der Waals surface area contributed by atoms with E-state index >= 15 is 0 Å². The second-order valence-electron chi connectivity index (χ2n) is 8.11. The highest BCUT2D eigenvalue weighted by Gasteiger charge is 2.41. The molecule has 0 radical (unpaired) electrons. The number of halogens is 5. The molecule has 6 nitrogen and oxygen atoms in total. The fraction of sp³-hybridized carbons (Fsp3) is 0.455. The van der Waals surface area contributed by atoms with Crippen LogP contribution in [0.2, 0.25) is 10.0 Å². The van der Waals surface area contributed by atoms with Crippen molar-refractivity contribution in [3.05, 3.63) is 57.6 Å². The first-order chi connectivity index (χ1) is 15.7. The molecule has 1 atom stereocenters. The molecule has 1 unspecified atom stereocenters. The standard InChI is InChI=1S/C22H26Cl3F2NO5S/c1-21(2,15-11-17(24)20(18(25)12-15)32-10-4-9-23)14-5-7-16(8-6-14)33-22(26,27)19(29)13-28-34(3,30)31/h5-8,11-12,19,28-29H,4,9-10,13H2,1-3H3. The smallest absolute Gasteiger partial charge is 0.425 e. The van der Waals surface area contributed by atoms with Crippen molar-refractivity contribution in [2.75, 3.05) is 25.3 Å². The van der Waals surface area contributed by atoms with Crippen molar-refractivity contribution in [2.24, 2.45) is 0 Å². The number of hydrogen-bond donors (Lipinski definition) is 2. The topological polar surface area (TPSA) is 84.9 Å². The third kappa shape index (κ3) is 7.83. The van der Waals surface area contributed by atoms with Crippen LogP contribution in [0.4, 0.5) is 8.78 Å². The van der Waals surface area contributed by atoms with Gasteiger partial charge in [0, 0.05) is 17.8 Å². The van der Waals surface area contributed by atoms with Crippen molar-refractivity contribution in [3.8, 4) is 11.5 Å². The van der Waals surface area contributed by atoms with Gasteiger partial charge in [-0.1, -0.05) is 49.2 Å². The van der Waals surface area contributed by atoms with Gasteiger partial charge in [0.2, 0.25) is 10.0 Å². The first-order valence-corrected chi connectivity index (χ1v) is 13.3. The lowest BCUT2D eigenvalue weighted by atomic mass is 9.78. The zero-order valence-corrected chi connectivity index (χ0v) is 21.8. The van der Waals surface area contributed by atoms with Crippen LogP contribution in [0.15, 0.2) is 36.4 Å². The normalized spacial score (nSPS) is 13.6. The minimum absolute atomic E-state index is 0.206. The molecule has 0 aliphatic carbocycles. The Balaban J connectivity index is 2.18. The zero-order chi connectivity index (χ0) is 25.7. The number of nitrogens with one attached hydrogen (secondary N) is 1. The van der Waals surface area contributed by atoms with E-state index in [1.807, 2.05) is 18.6 Å². The van der Waals surface area contributed by atoms with E-state index in [0.717, 1.165) is 17.4 Å². The Morgan fingerprint density at radius 2 is 1.65 bits per heavy atom. The minimum Gasteiger partial charge on any atom is -0.490 e. The van der Waals surface area contributed by atoms with Gasteiger partial charge in [0.15, 0.2) is 11.9 Å². The van der Waals surface area contributed by atoms with Crippen LogP contribution in [0.1, 0.15) is 31.4 Å².